The number of aliphatic hydroxyl groups is 1. The zero-order valence-corrected chi connectivity index (χ0v) is 16.9. The van der Waals surface area contributed by atoms with E-state index >= 15 is 0 Å². The second-order valence-corrected chi connectivity index (χ2v) is 7.69. The summed E-state index contributed by atoms with van der Waals surface area (Å²) in [6.07, 6.45) is 2.41. The SMILES string of the molecule is COc1ccc2c(c1)/C(=C/C(=O)c1cccc(C(=O)NCCO)c1)NC(C)(C)C2. The van der Waals surface area contributed by atoms with E-state index in [2.05, 4.69) is 24.5 Å². The number of allylic oxidation sites excluding steroid dienone is 1. The van der Waals surface area contributed by atoms with Crippen molar-refractivity contribution < 1.29 is 19.4 Å². The predicted octanol–water partition coefficient (Wildman–Crippen LogP) is 2.57. The van der Waals surface area contributed by atoms with Crippen LogP contribution < -0.4 is 15.4 Å². The topological polar surface area (TPSA) is 87.7 Å². The summed E-state index contributed by atoms with van der Waals surface area (Å²) in [5.41, 5.74) is 3.42. The Morgan fingerprint density at radius 1 is 1.21 bits per heavy atom. The van der Waals surface area contributed by atoms with Crippen LogP contribution in [0.15, 0.2) is 48.5 Å². The molecule has 0 radical (unpaired) electrons. The van der Waals surface area contributed by atoms with Crippen molar-refractivity contribution in [2.75, 3.05) is 20.3 Å². The molecule has 0 atom stereocenters. The highest BCUT2D eigenvalue weighted by atomic mass is 16.5. The maximum Gasteiger partial charge on any atom is 0.251 e. The minimum Gasteiger partial charge on any atom is -0.497 e. The number of hydrogen-bond acceptors (Lipinski definition) is 5. The molecule has 1 heterocycles. The molecule has 29 heavy (non-hydrogen) atoms. The molecule has 0 saturated heterocycles. The number of rotatable bonds is 6. The number of carbonyl (C=O) groups excluding carboxylic acids is 2. The Morgan fingerprint density at radius 3 is 2.69 bits per heavy atom. The molecular formula is C23H26N2O4. The first-order chi connectivity index (χ1) is 13.8. The Morgan fingerprint density at radius 2 is 1.97 bits per heavy atom. The molecule has 0 saturated carbocycles. The summed E-state index contributed by atoms with van der Waals surface area (Å²) in [6.45, 7) is 4.20. The van der Waals surface area contributed by atoms with Crippen LogP contribution in [0.25, 0.3) is 5.70 Å². The number of nitrogens with one attached hydrogen (secondary N) is 2. The third-order valence-electron chi connectivity index (χ3n) is 4.79. The molecule has 6 nitrogen and oxygen atoms in total. The molecule has 0 bridgehead atoms. The van der Waals surface area contributed by atoms with Gasteiger partial charge in [-0.05, 0) is 50.1 Å². The van der Waals surface area contributed by atoms with Gasteiger partial charge in [-0.15, -0.1) is 0 Å². The first-order valence-electron chi connectivity index (χ1n) is 9.53. The Balaban J connectivity index is 1.94. The summed E-state index contributed by atoms with van der Waals surface area (Å²) in [5, 5.41) is 14.9. The monoisotopic (exact) mass is 394 g/mol. The van der Waals surface area contributed by atoms with E-state index in [1.807, 2.05) is 18.2 Å². The summed E-state index contributed by atoms with van der Waals surface area (Å²) in [4.78, 5) is 25.1. The number of carbonyl (C=O) groups is 2. The Labute approximate surface area is 170 Å². The van der Waals surface area contributed by atoms with Crippen molar-refractivity contribution in [2.45, 2.75) is 25.8 Å². The van der Waals surface area contributed by atoms with E-state index in [0.29, 0.717) is 11.1 Å². The second kappa shape index (κ2) is 8.49. The summed E-state index contributed by atoms with van der Waals surface area (Å²) < 4.78 is 5.34. The molecule has 0 fully saturated rings. The molecule has 2 aromatic carbocycles. The van der Waals surface area contributed by atoms with Crippen LogP contribution in [-0.4, -0.2) is 42.6 Å². The molecule has 1 aliphatic heterocycles. The minimum absolute atomic E-state index is 0.138. The standard InChI is InChI=1S/C23H26N2O4/c1-23(2)14-17-7-8-18(29-3)12-19(17)20(25-23)13-21(27)15-5-4-6-16(11-15)22(28)24-9-10-26/h4-8,11-13,25-26H,9-10,14H2,1-3H3,(H,24,28)/b20-13-. The van der Waals surface area contributed by atoms with Gasteiger partial charge < -0.3 is 20.5 Å². The van der Waals surface area contributed by atoms with Crippen LogP contribution in [0.2, 0.25) is 0 Å². The number of benzene rings is 2. The largest absolute Gasteiger partial charge is 0.497 e. The average molecular weight is 394 g/mol. The van der Waals surface area contributed by atoms with Crippen molar-refractivity contribution in [1.29, 1.82) is 0 Å². The third-order valence-corrected chi connectivity index (χ3v) is 4.79. The number of methoxy groups -OCH3 is 1. The first-order valence-corrected chi connectivity index (χ1v) is 9.53. The van der Waals surface area contributed by atoms with Gasteiger partial charge in [-0.1, -0.05) is 18.2 Å². The number of ether oxygens (including phenoxy) is 1. The van der Waals surface area contributed by atoms with Gasteiger partial charge in [-0.3, -0.25) is 9.59 Å². The van der Waals surface area contributed by atoms with Crippen molar-refractivity contribution in [3.8, 4) is 5.75 Å². The van der Waals surface area contributed by atoms with Gasteiger partial charge in [0.25, 0.3) is 5.91 Å². The zero-order valence-electron chi connectivity index (χ0n) is 16.9. The Bertz CT molecular complexity index is 963. The fourth-order valence-electron chi connectivity index (χ4n) is 3.45. The molecule has 0 unspecified atom stereocenters. The van der Waals surface area contributed by atoms with Crippen LogP contribution in [0.1, 0.15) is 45.7 Å². The minimum atomic E-state index is -0.326. The molecule has 3 N–H and O–H groups in total. The molecule has 6 heteroatoms. The summed E-state index contributed by atoms with van der Waals surface area (Å²) in [6, 6.07) is 12.4. The van der Waals surface area contributed by atoms with Gasteiger partial charge in [0.2, 0.25) is 0 Å². The predicted molar refractivity (Wildman–Crippen MR) is 112 cm³/mol. The van der Waals surface area contributed by atoms with Crippen LogP contribution in [0.5, 0.6) is 5.75 Å². The second-order valence-electron chi connectivity index (χ2n) is 7.69. The summed E-state index contributed by atoms with van der Waals surface area (Å²) >= 11 is 0. The van der Waals surface area contributed by atoms with E-state index < -0.39 is 0 Å². The van der Waals surface area contributed by atoms with E-state index in [4.69, 9.17) is 9.84 Å². The number of ketones is 1. The highest BCUT2D eigenvalue weighted by molar-refractivity contribution is 6.10. The zero-order chi connectivity index (χ0) is 21.0. The maximum absolute atomic E-state index is 13.0. The normalized spacial score (nSPS) is 15.9. The van der Waals surface area contributed by atoms with Crippen LogP contribution in [0.3, 0.4) is 0 Å². The van der Waals surface area contributed by atoms with E-state index in [1.165, 1.54) is 0 Å². The lowest BCUT2D eigenvalue weighted by molar-refractivity contribution is 0.0944. The fourth-order valence-corrected chi connectivity index (χ4v) is 3.45. The number of fused-ring (bicyclic) bond motifs is 1. The van der Waals surface area contributed by atoms with E-state index in [9.17, 15) is 9.59 Å². The van der Waals surface area contributed by atoms with Crippen molar-refractivity contribution in [1.82, 2.24) is 10.6 Å². The Hall–Kier alpha value is -3.12. The third kappa shape index (κ3) is 4.84. The summed E-state index contributed by atoms with van der Waals surface area (Å²) in [7, 11) is 1.61. The van der Waals surface area contributed by atoms with Crippen molar-refractivity contribution in [3.63, 3.8) is 0 Å². The van der Waals surface area contributed by atoms with Crippen molar-refractivity contribution >= 4 is 17.4 Å². The lowest BCUT2D eigenvalue weighted by Gasteiger charge is -2.35. The fraction of sp³-hybridized carbons (Fsp3) is 0.304. The van der Waals surface area contributed by atoms with E-state index in [0.717, 1.165) is 29.0 Å². The molecule has 0 aliphatic carbocycles. The lowest BCUT2D eigenvalue weighted by Crippen LogP contribution is -2.43. The van der Waals surface area contributed by atoms with Crippen LogP contribution in [0.4, 0.5) is 0 Å². The summed E-state index contributed by atoms with van der Waals surface area (Å²) in [5.74, 6) is 0.204. The molecule has 1 aliphatic rings. The Kier molecular flexibility index (Phi) is 6.03. The van der Waals surface area contributed by atoms with Gasteiger partial charge in [0.1, 0.15) is 5.75 Å². The molecule has 0 spiro atoms. The average Bonchev–Trinajstić information content (AvgIpc) is 2.71. The number of hydrogen-bond donors (Lipinski definition) is 3. The molecule has 2 aromatic rings. The van der Waals surface area contributed by atoms with Crippen molar-refractivity contribution in [3.05, 3.63) is 70.8 Å². The van der Waals surface area contributed by atoms with Gasteiger partial charge in [-0.2, -0.15) is 0 Å². The van der Waals surface area contributed by atoms with E-state index in [1.54, 1.807) is 37.5 Å². The van der Waals surface area contributed by atoms with Crippen LogP contribution in [-0.2, 0) is 6.42 Å². The van der Waals surface area contributed by atoms with Gasteiger partial charge in [-0.25, -0.2) is 0 Å². The molecule has 0 aromatic heterocycles. The van der Waals surface area contributed by atoms with Crippen LogP contribution >= 0.6 is 0 Å². The van der Waals surface area contributed by atoms with Crippen molar-refractivity contribution in [2.24, 2.45) is 0 Å². The smallest absolute Gasteiger partial charge is 0.251 e. The number of amides is 1. The molecule has 152 valence electrons. The molecule has 3 rings (SSSR count). The van der Waals surface area contributed by atoms with Gasteiger partial charge in [0.05, 0.1) is 13.7 Å². The highest BCUT2D eigenvalue weighted by Crippen LogP contribution is 2.32. The van der Waals surface area contributed by atoms with Gasteiger partial charge in [0, 0.05) is 40.5 Å². The van der Waals surface area contributed by atoms with E-state index in [-0.39, 0.29) is 30.4 Å². The quantitative estimate of drug-likeness (QED) is 0.518. The lowest BCUT2D eigenvalue weighted by atomic mass is 9.85. The number of aliphatic hydroxyl groups excluding tert-OH is 1. The highest BCUT2D eigenvalue weighted by Gasteiger charge is 2.28. The van der Waals surface area contributed by atoms with Gasteiger partial charge in [0.15, 0.2) is 5.78 Å². The van der Waals surface area contributed by atoms with Gasteiger partial charge >= 0.3 is 0 Å². The maximum atomic E-state index is 13.0. The van der Waals surface area contributed by atoms with Crippen LogP contribution in [0, 0.1) is 0 Å². The molecule has 1 amide bonds. The first kappa shape index (κ1) is 20.6. The molecular weight excluding hydrogens is 368 g/mol.